The molecule has 0 saturated heterocycles. The van der Waals surface area contributed by atoms with Crippen LogP contribution in [0.1, 0.15) is 87.1 Å². The standard InChI is InChI=1S/C28H45NO9S/c1-19-13-15-21(16-14-19)39(33,34)35-17-11-12-20(23(30)36-26(2,3)4)18-22(24(31)37-27(5,6)7)29-25(32)38-28(8,9)10/h13-16,20,22H,11-12,17-18H2,1-10H3,(H,29,32)/t20-,22+/m0/s1. The SMILES string of the molecule is Cc1ccc(S(=O)(=O)OCCC[C@@H](C[C@@H](NC(=O)OC(C)(C)C)C(=O)OC(C)(C)C)C(=O)OC(C)(C)C)cc1. The fraction of sp³-hybridized carbons (Fsp3) is 0.679. The molecule has 10 nitrogen and oxygen atoms in total. The number of alkyl carbamates (subject to hydrolysis) is 1. The van der Waals surface area contributed by atoms with Crippen molar-refractivity contribution in [1.29, 1.82) is 0 Å². The molecular formula is C28H45NO9S. The normalized spacial score (nSPS) is 14.2. The summed E-state index contributed by atoms with van der Waals surface area (Å²) in [6.07, 6.45) is -0.682. The number of amides is 1. The first kappa shape index (κ1) is 34.4. The van der Waals surface area contributed by atoms with Gasteiger partial charge in [0.2, 0.25) is 0 Å². The lowest BCUT2D eigenvalue weighted by molar-refractivity contribution is -0.163. The summed E-state index contributed by atoms with van der Waals surface area (Å²) in [4.78, 5) is 38.6. The van der Waals surface area contributed by atoms with Gasteiger partial charge in [0.15, 0.2) is 0 Å². The molecular weight excluding hydrogens is 526 g/mol. The van der Waals surface area contributed by atoms with Crippen LogP contribution in [0.4, 0.5) is 4.79 Å². The van der Waals surface area contributed by atoms with Gasteiger partial charge < -0.3 is 19.5 Å². The summed E-state index contributed by atoms with van der Waals surface area (Å²) < 4.78 is 46.5. The average Bonchev–Trinajstić information content (AvgIpc) is 2.71. The maximum absolute atomic E-state index is 13.1. The average molecular weight is 572 g/mol. The van der Waals surface area contributed by atoms with E-state index in [2.05, 4.69) is 5.32 Å². The van der Waals surface area contributed by atoms with Gasteiger partial charge in [0.05, 0.1) is 17.4 Å². The molecule has 0 aliphatic carbocycles. The molecule has 0 aliphatic heterocycles. The van der Waals surface area contributed by atoms with Gasteiger partial charge in [-0.25, -0.2) is 9.59 Å². The van der Waals surface area contributed by atoms with Crippen LogP contribution in [0, 0.1) is 12.8 Å². The quantitative estimate of drug-likeness (QED) is 0.167. The summed E-state index contributed by atoms with van der Waals surface area (Å²) >= 11 is 0. The van der Waals surface area contributed by atoms with Crippen molar-refractivity contribution in [3.8, 4) is 0 Å². The van der Waals surface area contributed by atoms with E-state index in [1.165, 1.54) is 12.1 Å². The lowest BCUT2D eigenvalue weighted by Crippen LogP contribution is -2.47. The maximum Gasteiger partial charge on any atom is 0.408 e. The van der Waals surface area contributed by atoms with Crippen molar-refractivity contribution in [2.75, 3.05) is 6.61 Å². The van der Waals surface area contributed by atoms with Gasteiger partial charge in [-0.3, -0.25) is 8.98 Å². The predicted molar refractivity (Wildman–Crippen MR) is 147 cm³/mol. The number of aryl methyl sites for hydroxylation is 1. The lowest BCUT2D eigenvalue weighted by Gasteiger charge is -2.29. The van der Waals surface area contributed by atoms with Gasteiger partial charge in [-0.1, -0.05) is 17.7 Å². The van der Waals surface area contributed by atoms with E-state index in [0.717, 1.165) is 5.56 Å². The Hall–Kier alpha value is -2.66. The highest BCUT2D eigenvalue weighted by Gasteiger charge is 2.35. The van der Waals surface area contributed by atoms with Crippen molar-refractivity contribution in [1.82, 2.24) is 5.32 Å². The number of benzene rings is 1. The number of hydrogen-bond acceptors (Lipinski definition) is 9. The Morgan fingerprint density at radius 1 is 0.795 bits per heavy atom. The van der Waals surface area contributed by atoms with Crippen molar-refractivity contribution in [2.24, 2.45) is 5.92 Å². The van der Waals surface area contributed by atoms with Gasteiger partial charge >= 0.3 is 18.0 Å². The largest absolute Gasteiger partial charge is 0.460 e. The van der Waals surface area contributed by atoms with E-state index in [-0.39, 0.29) is 30.8 Å². The van der Waals surface area contributed by atoms with E-state index >= 15 is 0 Å². The maximum atomic E-state index is 13.1. The van der Waals surface area contributed by atoms with E-state index in [0.29, 0.717) is 0 Å². The Bertz CT molecular complexity index is 1080. The minimum Gasteiger partial charge on any atom is -0.460 e. The number of esters is 2. The molecule has 1 aromatic rings. The molecule has 11 heteroatoms. The molecule has 1 N–H and O–H groups in total. The zero-order chi connectivity index (χ0) is 30.2. The third-order valence-electron chi connectivity index (χ3n) is 4.89. The first-order valence-electron chi connectivity index (χ1n) is 13.0. The molecule has 0 heterocycles. The zero-order valence-corrected chi connectivity index (χ0v) is 25.7. The first-order chi connectivity index (χ1) is 17.6. The zero-order valence-electron chi connectivity index (χ0n) is 24.9. The molecule has 222 valence electrons. The smallest absolute Gasteiger partial charge is 0.408 e. The molecule has 2 atom stereocenters. The van der Waals surface area contributed by atoms with Crippen molar-refractivity contribution < 1.29 is 41.2 Å². The van der Waals surface area contributed by atoms with Crippen molar-refractivity contribution in [3.05, 3.63) is 29.8 Å². The molecule has 0 unspecified atom stereocenters. The number of ether oxygens (including phenoxy) is 3. The van der Waals surface area contributed by atoms with Crippen LogP contribution < -0.4 is 5.32 Å². The number of hydrogen-bond donors (Lipinski definition) is 1. The third-order valence-corrected chi connectivity index (χ3v) is 6.21. The number of carbonyl (C=O) groups excluding carboxylic acids is 3. The van der Waals surface area contributed by atoms with Crippen LogP contribution in [0.15, 0.2) is 29.2 Å². The van der Waals surface area contributed by atoms with Crippen LogP contribution in [-0.4, -0.2) is 55.9 Å². The molecule has 0 spiro atoms. The summed E-state index contributed by atoms with van der Waals surface area (Å²) in [5, 5.41) is 2.51. The molecule has 0 aromatic heterocycles. The Balaban J connectivity index is 3.06. The van der Waals surface area contributed by atoms with Crippen LogP contribution in [0.25, 0.3) is 0 Å². The van der Waals surface area contributed by atoms with E-state index < -0.39 is 56.9 Å². The van der Waals surface area contributed by atoms with Gasteiger partial charge in [-0.2, -0.15) is 8.42 Å². The summed E-state index contributed by atoms with van der Waals surface area (Å²) in [5.74, 6) is -2.20. The number of nitrogens with one attached hydrogen (secondary N) is 1. The van der Waals surface area contributed by atoms with Crippen molar-refractivity contribution >= 4 is 28.1 Å². The summed E-state index contributed by atoms with van der Waals surface area (Å²) in [7, 11) is -3.98. The van der Waals surface area contributed by atoms with E-state index in [1.807, 2.05) is 6.92 Å². The number of carbonyl (C=O) groups is 3. The van der Waals surface area contributed by atoms with Gasteiger partial charge in [0.25, 0.3) is 10.1 Å². The fourth-order valence-electron chi connectivity index (χ4n) is 3.31. The second kappa shape index (κ2) is 13.6. The highest BCUT2D eigenvalue weighted by atomic mass is 32.2. The second-order valence-corrected chi connectivity index (χ2v) is 14.0. The molecule has 0 saturated carbocycles. The molecule has 0 bridgehead atoms. The molecule has 0 radical (unpaired) electrons. The minimum atomic E-state index is -3.98. The second-order valence-electron chi connectivity index (χ2n) is 12.4. The van der Waals surface area contributed by atoms with Crippen molar-refractivity contribution in [2.45, 2.75) is 116 Å². The van der Waals surface area contributed by atoms with Gasteiger partial charge in [-0.05, 0) is 101 Å². The monoisotopic (exact) mass is 571 g/mol. The Labute approximate surface area is 233 Å². The predicted octanol–water partition coefficient (Wildman–Crippen LogP) is 5.06. The molecule has 0 fully saturated rings. The summed E-state index contributed by atoms with van der Waals surface area (Å²) in [5.41, 5.74) is -1.55. The van der Waals surface area contributed by atoms with Gasteiger partial charge in [0, 0.05) is 0 Å². The highest BCUT2D eigenvalue weighted by Crippen LogP contribution is 2.23. The Morgan fingerprint density at radius 2 is 1.28 bits per heavy atom. The van der Waals surface area contributed by atoms with Crippen LogP contribution in [0.2, 0.25) is 0 Å². The van der Waals surface area contributed by atoms with Gasteiger partial charge in [0.1, 0.15) is 22.8 Å². The van der Waals surface area contributed by atoms with E-state index in [9.17, 15) is 22.8 Å². The minimum absolute atomic E-state index is 0.0309. The summed E-state index contributed by atoms with van der Waals surface area (Å²) in [6, 6.07) is 5.05. The highest BCUT2D eigenvalue weighted by molar-refractivity contribution is 7.86. The van der Waals surface area contributed by atoms with E-state index in [4.69, 9.17) is 18.4 Å². The van der Waals surface area contributed by atoms with E-state index in [1.54, 1.807) is 74.4 Å². The van der Waals surface area contributed by atoms with Crippen LogP contribution in [-0.2, 0) is 38.1 Å². The first-order valence-corrected chi connectivity index (χ1v) is 14.4. The van der Waals surface area contributed by atoms with Gasteiger partial charge in [-0.15, -0.1) is 0 Å². The topological polar surface area (TPSA) is 134 Å². The molecule has 39 heavy (non-hydrogen) atoms. The Kier molecular flexibility index (Phi) is 12.0. The molecule has 1 amide bonds. The fourth-order valence-corrected chi connectivity index (χ4v) is 4.25. The molecule has 0 aliphatic rings. The third kappa shape index (κ3) is 14.3. The van der Waals surface area contributed by atoms with Crippen LogP contribution >= 0.6 is 0 Å². The van der Waals surface area contributed by atoms with Crippen LogP contribution in [0.3, 0.4) is 0 Å². The van der Waals surface area contributed by atoms with Crippen LogP contribution in [0.5, 0.6) is 0 Å². The molecule has 1 rings (SSSR count). The molecule has 1 aromatic carbocycles. The lowest BCUT2D eigenvalue weighted by atomic mass is 9.94. The Morgan fingerprint density at radius 3 is 1.77 bits per heavy atom. The number of rotatable bonds is 11. The van der Waals surface area contributed by atoms with Crippen molar-refractivity contribution in [3.63, 3.8) is 0 Å². The summed E-state index contributed by atoms with van der Waals surface area (Å²) in [6.45, 7) is 16.9.